The second-order valence-corrected chi connectivity index (χ2v) is 9.37. The van der Waals surface area contributed by atoms with Gasteiger partial charge in [0.05, 0.1) is 16.4 Å². The normalized spacial score (nSPS) is 21.2. The molecule has 4 N–H and O–H groups in total. The number of nitrogens with two attached hydrogens (primary N) is 1. The van der Waals surface area contributed by atoms with Crippen molar-refractivity contribution in [1.82, 2.24) is 14.5 Å². The van der Waals surface area contributed by atoms with Gasteiger partial charge in [0, 0.05) is 17.3 Å². The lowest BCUT2D eigenvalue weighted by Gasteiger charge is -2.46. The number of nitrogens with zero attached hydrogens (tertiary/aromatic N) is 3. The fourth-order valence-corrected chi connectivity index (χ4v) is 5.57. The van der Waals surface area contributed by atoms with E-state index in [0.717, 1.165) is 42.5 Å². The Kier molecular flexibility index (Phi) is 4.50. The first-order chi connectivity index (χ1) is 14.5. The minimum atomic E-state index is -1.51. The van der Waals surface area contributed by atoms with E-state index in [1.54, 1.807) is 30.5 Å². The van der Waals surface area contributed by atoms with Gasteiger partial charge in [-0.05, 0) is 43.2 Å². The van der Waals surface area contributed by atoms with Crippen molar-refractivity contribution in [3.63, 3.8) is 0 Å². The molecule has 2 atom stereocenters. The zero-order valence-corrected chi connectivity index (χ0v) is 17.5. The van der Waals surface area contributed by atoms with E-state index in [0.29, 0.717) is 10.6 Å². The van der Waals surface area contributed by atoms with Gasteiger partial charge >= 0.3 is 0 Å². The first-order valence-electron chi connectivity index (χ1n) is 10.2. The second-order valence-electron chi connectivity index (χ2n) is 8.15. The molecule has 156 valence electrons. The predicted molar refractivity (Wildman–Crippen MR) is 117 cm³/mol. The van der Waals surface area contributed by atoms with Crippen molar-refractivity contribution in [2.45, 2.75) is 49.5 Å². The molecule has 1 amide bonds. The Hall–Kier alpha value is -2.94. The molecular formula is C21H24N6O2S. The van der Waals surface area contributed by atoms with Crippen molar-refractivity contribution in [3.8, 4) is 0 Å². The van der Waals surface area contributed by atoms with Gasteiger partial charge in [0.15, 0.2) is 11.0 Å². The molecule has 1 spiro atoms. The lowest BCUT2D eigenvalue weighted by Crippen LogP contribution is -2.51. The van der Waals surface area contributed by atoms with Crippen LogP contribution in [0.1, 0.15) is 39.0 Å². The molecule has 1 aliphatic carbocycles. The summed E-state index contributed by atoms with van der Waals surface area (Å²) in [5, 5.41) is 3.88. The van der Waals surface area contributed by atoms with Gasteiger partial charge in [-0.2, -0.15) is 4.98 Å². The molecule has 0 radical (unpaired) electrons. The maximum absolute atomic E-state index is 12.7. The second kappa shape index (κ2) is 7.09. The van der Waals surface area contributed by atoms with Gasteiger partial charge in [0.2, 0.25) is 11.9 Å². The summed E-state index contributed by atoms with van der Waals surface area (Å²) in [6.45, 7) is 2.01. The third kappa shape index (κ3) is 2.96. The van der Waals surface area contributed by atoms with Gasteiger partial charge in [-0.1, -0.05) is 26.2 Å². The Morgan fingerprint density at radius 1 is 1.23 bits per heavy atom. The monoisotopic (exact) mass is 424 g/mol. The molecule has 9 heteroatoms. The van der Waals surface area contributed by atoms with Crippen LogP contribution in [0.5, 0.6) is 0 Å². The number of nitrogen functional groups attached to an aromatic ring is 1. The number of aromatic nitrogens is 3. The molecule has 3 heterocycles. The quantitative estimate of drug-likeness (QED) is 0.558. The van der Waals surface area contributed by atoms with E-state index in [9.17, 15) is 9.00 Å². The molecule has 2 unspecified atom stereocenters. The molecule has 0 bridgehead atoms. The standard InChI is InChI=1S/C21H24N6O2S/c1-13-19(28)24-17-11-14-12-23-20(26-30(29)16-7-5-15(22)6-8-16)25-18(14)27(17)21(13)9-3-2-4-10-21/h5-8,11-13H,2-4,9-10,22H2,1H3,(H,24,28)(H,23,25,26). The number of rotatable bonds is 3. The van der Waals surface area contributed by atoms with Crippen LogP contribution in [0.4, 0.5) is 17.5 Å². The molecule has 2 aromatic heterocycles. The van der Waals surface area contributed by atoms with Crippen LogP contribution in [0.25, 0.3) is 11.0 Å². The van der Waals surface area contributed by atoms with Crippen molar-refractivity contribution in [2.75, 3.05) is 15.8 Å². The van der Waals surface area contributed by atoms with Gasteiger partial charge in [0.25, 0.3) is 0 Å². The molecule has 3 aromatic rings. The van der Waals surface area contributed by atoms with Crippen LogP contribution in [0, 0.1) is 5.92 Å². The highest BCUT2D eigenvalue weighted by molar-refractivity contribution is 7.86. The molecule has 30 heavy (non-hydrogen) atoms. The first-order valence-corrected chi connectivity index (χ1v) is 11.4. The van der Waals surface area contributed by atoms with Gasteiger partial charge in [0.1, 0.15) is 11.5 Å². The highest BCUT2D eigenvalue weighted by atomic mass is 32.2. The Morgan fingerprint density at radius 2 is 1.97 bits per heavy atom. The van der Waals surface area contributed by atoms with E-state index in [4.69, 9.17) is 10.7 Å². The molecule has 0 saturated heterocycles. The van der Waals surface area contributed by atoms with Crippen LogP contribution >= 0.6 is 0 Å². The zero-order chi connectivity index (χ0) is 20.9. The number of carbonyl (C=O) groups is 1. The molecule has 1 fully saturated rings. The lowest BCUT2D eigenvalue weighted by molar-refractivity contribution is -0.124. The lowest BCUT2D eigenvalue weighted by atomic mass is 9.72. The van der Waals surface area contributed by atoms with Gasteiger partial charge in [-0.25, -0.2) is 9.19 Å². The van der Waals surface area contributed by atoms with Crippen molar-refractivity contribution in [3.05, 3.63) is 36.5 Å². The fraction of sp³-hybridized carbons (Fsp3) is 0.381. The molecule has 5 rings (SSSR count). The summed E-state index contributed by atoms with van der Waals surface area (Å²) in [4.78, 5) is 22.3. The number of carbonyl (C=O) groups excluding carboxylic acids is 1. The number of anilines is 3. The topological polar surface area (TPSA) is 115 Å². The third-order valence-corrected chi connectivity index (χ3v) is 7.50. The summed E-state index contributed by atoms with van der Waals surface area (Å²) in [6, 6.07) is 8.77. The molecule has 8 nitrogen and oxygen atoms in total. The zero-order valence-electron chi connectivity index (χ0n) is 16.7. The van der Waals surface area contributed by atoms with Gasteiger partial charge in [-0.15, -0.1) is 0 Å². The van der Waals surface area contributed by atoms with Crippen molar-refractivity contribution < 1.29 is 9.00 Å². The Bertz CT molecular complexity index is 1150. The minimum Gasteiger partial charge on any atom is -0.399 e. The summed E-state index contributed by atoms with van der Waals surface area (Å²) >= 11 is 0. The molecule has 1 aliphatic heterocycles. The summed E-state index contributed by atoms with van der Waals surface area (Å²) < 4.78 is 17.8. The van der Waals surface area contributed by atoms with E-state index < -0.39 is 11.0 Å². The van der Waals surface area contributed by atoms with Crippen molar-refractivity contribution in [2.24, 2.45) is 5.92 Å². The van der Waals surface area contributed by atoms with Gasteiger partial charge in [-0.3, -0.25) is 9.52 Å². The first kappa shape index (κ1) is 19.0. The average molecular weight is 425 g/mol. The van der Waals surface area contributed by atoms with E-state index in [1.165, 1.54) is 6.42 Å². The van der Waals surface area contributed by atoms with Crippen LogP contribution in [-0.2, 0) is 21.3 Å². The number of hydrogen-bond acceptors (Lipinski definition) is 5. The predicted octanol–water partition coefficient (Wildman–Crippen LogP) is 3.40. The van der Waals surface area contributed by atoms with Crippen molar-refractivity contribution >= 4 is 45.4 Å². The Morgan fingerprint density at radius 3 is 2.70 bits per heavy atom. The van der Waals surface area contributed by atoms with Crippen LogP contribution in [0.2, 0.25) is 0 Å². The Balaban J connectivity index is 1.56. The SMILES string of the molecule is CC1C(=O)Nc2cc3cnc(NS(=O)c4ccc(N)cc4)nc3n2C12CCCCC2. The van der Waals surface area contributed by atoms with Crippen LogP contribution < -0.4 is 15.8 Å². The van der Waals surface area contributed by atoms with Crippen LogP contribution in [-0.4, -0.2) is 24.7 Å². The van der Waals surface area contributed by atoms with E-state index in [1.807, 2.05) is 13.0 Å². The van der Waals surface area contributed by atoms with E-state index in [2.05, 4.69) is 19.6 Å². The highest BCUT2D eigenvalue weighted by Gasteiger charge is 2.47. The summed E-state index contributed by atoms with van der Waals surface area (Å²) in [5.74, 6) is 0.967. The number of amides is 1. The Labute approximate surface area is 176 Å². The minimum absolute atomic E-state index is 0.0583. The molecule has 2 aliphatic rings. The molecule has 1 aromatic carbocycles. The number of benzene rings is 1. The van der Waals surface area contributed by atoms with Crippen LogP contribution in [0.3, 0.4) is 0 Å². The maximum atomic E-state index is 12.7. The number of fused-ring (bicyclic) bond motifs is 4. The summed E-state index contributed by atoms with van der Waals surface area (Å²) in [7, 11) is -1.51. The van der Waals surface area contributed by atoms with E-state index in [-0.39, 0.29) is 23.3 Å². The largest absolute Gasteiger partial charge is 0.399 e. The summed E-state index contributed by atoms with van der Waals surface area (Å²) in [5.41, 5.74) is 6.80. The van der Waals surface area contributed by atoms with E-state index >= 15 is 0 Å². The van der Waals surface area contributed by atoms with Crippen molar-refractivity contribution in [1.29, 1.82) is 0 Å². The maximum Gasteiger partial charge on any atom is 0.236 e. The average Bonchev–Trinajstić information content (AvgIpc) is 3.11. The smallest absolute Gasteiger partial charge is 0.236 e. The third-order valence-electron chi connectivity index (χ3n) is 6.43. The molecular weight excluding hydrogens is 400 g/mol. The fourth-order valence-electron chi connectivity index (χ4n) is 4.81. The number of nitrogens with one attached hydrogen (secondary N) is 2. The number of hydrogen-bond donors (Lipinski definition) is 3. The molecule has 1 saturated carbocycles. The highest BCUT2D eigenvalue weighted by Crippen LogP contribution is 2.48. The van der Waals surface area contributed by atoms with Gasteiger partial charge < -0.3 is 15.6 Å². The summed E-state index contributed by atoms with van der Waals surface area (Å²) in [6.07, 6.45) is 6.98. The van der Waals surface area contributed by atoms with Crippen LogP contribution in [0.15, 0.2) is 41.4 Å².